The largest absolute Gasteiger partial charge is 0.467 e. The van der Waals surface area contributed by atoms with E-state index in [4.69, 9.17) is 4.74 Å². The molecular formula is C20H26F3NO3Si. The molecule has 0 bridgehead atoms. The highest BCUT2D eigenvalue weighted by Gasteiger charge is 2.34. The number of nitrogens with one attached hydrogen (secondary N) is 1. The van der Waals surface area contributed by atoms with Crippen LogP contribution in [0.15, 0.2) is 24.3 Å². The lowest BCUT2D eigenvalue weighted by atomic mass is 10.1. The highest BCUT2D eigenvalue weighted by molar-refractivity contribution is 6.87. The molecule has 4 nitrogen and oxygen atoms in total. The first kappa shape index (κ1) is 23.8. The molecule has 0 aliphatic heterocycles. The van der Waals surface area contributed by atoms with Crippen LogP contribution >= 0.6 is 0 Å². The summed E-state index contributed by atoms with van der Waals surface area (Å²) in [5.41, 5.74) is 2.41. The zero-order valence-corrected chi connectivity index (χ0v) is 18.0. The van der Waals surface area contributed by atoms with Crippen LogP contribution in [0.3, 0.4) is 0 Å². The van der Waals surface area contributed by atoms with Gasteiger partial charge in [-0.2, -0.15) is 13.2 Å². The normalized spacial score (nSPS) is 13.2. The lowest BCUT2D eigenvalue weighted by Crippen LogP contribution is -2.41. The summed E-state index contributed by atoms with van der Waals surface area (Å²) in [6.45, 7) is 10.6. The Morgan fingerprint density at radius 3 is 2.11 bits per heavy atom. The van der Waals surface area contributed by atoms with Gasteiger partial charge in [-0.1, -0.05) is 33.9 Å². The number of carbonyl (C=O) groups excluding carboxylic acids is 2. The van der Waals surface area contributed by atoms with E-state index >= 15 is 0 Å². The molecular weight excluding hydrogens is 387 g/mol. The van der Waals surface area contributed by atoms with Crippen molar-refractivity contribution in [1.82, 2.24) is 5.32 Å². The van der Waals surface area contributed by atoms with Crippen LogP contribution in [0.1, 0.15) is 43.1 Å². The summed E-state index contributed by atoms with van der Waals surface area (Å²) in [6, 6.07) is 2.76. The Hall–Kier alpha value is -2.27. The van der Waals surface area contributed by atoms with Gasteiger partial charge >= 0.3 is 12.1 Å². The Morgan fingerprint density at radius 2 is 1.68 bits per heavy atom. The van der Waals surface area contributed by atoms with E-state index in [-0.39, 0.29) is 17.0 Å². The molecule has 0 aromatic heterocycles. The lowest BCUT2D eigenvalue weighted by molar-refractivity contribution is -0.142. The van der Waals surface area contributed by atoms with Crippen LogP contribution in [0.5, 0.6) is 0 Å². The number of amides is 1. The molecule has 0 heterocycles. The van der Waals surface area contributed by atoms with Crippen LogP contribution in [0, 0.1) is 11.5 Å². The fraction of sp³-hybridized carbons (Fsp3) is 0.500. The molecule has 1 N–H and O–H groups in total. The van der Waals surface area contributed by atoms with Gasteiger partial charge in [0.05, 0.1) is 12.7 Å². The summed E-state index contributed by atoms with van der Waals surface area (Å²) in [7, 11) is -0.682. The molecule has 8 heteroatoms. The first-order valence-corrected chi connectivity index (χ1v) is 11.7. The number of ether oxygens (including phenoxy) is 1. The van der Waals surface area contributed by atoms with E-state index in [1.165, 1.54) is 7.11 Å². The minimum absolute atomic E-state index is 0.0132. The van der Waals surface area contributed by atoms with E-state index < -0.39 is 37.7 Å². The van der Waals surface area contributed by atoms with E-state index in [9.17, 15) is 22.8 Å². The summed E-state index contributed by atoms with van der Waals surface area (Å²) in [5, 5.41) is 2.53. The average molecular weight is 414 g/mol. The van der Waals surface area contributed by atoms with Gasteiger partial charge in [0.15, 0.2) is 0 Å². The molecule has 0 aliphatic rings. The summed E-state index contributed by atoms with van der Waals surface area (Å²) >= 11 is 0. The van der Waals surface area contributed by atoms with Crippen LogP contribution in [0.2, 0.25) is 18.1 Å². The number of hydrogen-bond donors (Lipinski definition) is 1. The molecule has 0 radical (unpaired) electrons. The van der Waals surface area contributed by atoms with Crippen molar-refractivity contribution in [1.29, 1.82) is 0 Å². The monoisotopic (exact) mass is 413 g/mol. The molecule has 0 spiro atoms. The second kappa shape index (κ2) is 8.82. The number of alkyl halides is 3. The molecule has 154 valence electrons. The zero-order valence-electron chi connectivity index (χ0n) is 17.0. The first-order chi connectivity index (χ1) is 12.7. The number of esters is 1. The standard InChI is InChI=1S/C20H26F3NO3Si/c1-19(2,3)28(5,6)13-7-8-16(18(26)27-4)24-17(25)14-9-11-15(12-10-14)20(21,22)23/h9-12,16H,8H2,1-6H3,(H,24,25)/t16-/m0/s1. The fourth-order valence-corrected chi connectivity index (χ4v) is 2.87. The van der Waals surface area contributed by atoms with Crippen molar-refractivity contribution in [2.45, 2.75) is 57.5 Å². The van der Waals surface area contributed by atoms with Gasteiger partial charge in [0.1, 0.15) is 14.1 Å². The van der Waals surface area contributed by atoms with Crippen molar-refractivity contribution in [3.05, 3.63) is 35.4 Å². The smallest absolute Gasteiger partial charge is 0.416 e. The number of hydrogen-bond acceptors (Lipinski definition) is 3. The Kier molecular flexibility index (Phi) is 7.49. The molecule has 1 amide bonds. The van der Waals surface area contributed by atoms with Crippen LogP contribution in [0.4, 0.5) is 13.2 Å². The van der Waals surface area contributed by atoms with Gasteiger partial charge in [-0.25, -0.2) is 4.79 Å². The third-order valence-corrected chi connectivity index (χ3v) is 9.40. The maximum atomic E-state index is 12.6. The highest BCUT2D eigenvalue weighted by atomic mass is 28.3. The molecule has 28 heavy (non-hydrogen) atoms. The van der Waals surface area contributed by atoms with E-state index in [0.29, 0.717) is 0 Å². The molecule has 0 saturated heterocycles. The van der Waals surface area contributed by atoms with Crippen LogP contribution in [0.25, 0.3) is 0 Å². The fourth-order valence-electron chi connectivity index (χ4n) is 1.95. The number of rotatable bonds is 4. The first-order valence-electron chi connectivity index (χ1n) is 8.75. The molecule has 0 fully saturated rings. The van der Waals surface area contributed by atoms with Crippen molar-refractivity contribution in [3.63, 3.8) is 0 Å². The summed E-state index contributed by atoms with van der Waals surface area (Å²) in [4.78, 5) is 24.3. The summed E-state index contributed by atoms with van der Waals surface area (Å²) < 4.78 is 42.6. The van der Waals surface area contributed by atoms with E-state index in [1.807, 2.05) is 0 Å². The average Bonchev–Trinajstić information content (AvgIpc) is 2.58. The van der Waals surface area contributed by atoms with Crippen molar-refractivity contribution < 1.29 is 27.5 Å². The van der Waals surface area contributed by atoms with Crippen molar-refractivity contribution >= 4 is 20.0 Å². The molecule has 1 atom stereocenters. The second-order valence-corrected chi connectivity index (χ2v) is 13.0. The van der Waals surface area contributed by atoms with E-state index in [1.54, 1.807) is 0 Å². The Morgan fingerprint density at radius 1 is 1.14 bits per heavy atom. The van der Waals surface area contributed by atoms with Crippen molar-refractivity contribution in [2.24, 2.45) is 0 Å². The predicted octanol–water partition coefficient (Wildman–Crippen LogP) is 4.42. The van der Waals surface area contributed by atoms with Crippen LogP contribution in [-0.2, 0) is 15.7 Å². The van der Waals surface area contributed by atoms with Crippen LogP contribution in [-0.4, -0.2) is 33.1 Å². The predicted molar refractivity (Wildman–Crippen MR) is 104 cm³/mol. The SMILES string of the molecule is COC(=O)[C@H](CC#C[Si](C)(C)C(C)(C)C)NC(=O)c1ccc(C(F)(F)F)cc1. The Bertz CT molecular complexity index is 769. The molecule has 1 aromatic carbocycles. The van der Waals surface area contributed by atoms with Gasteiger partial charge in [0.2, 0.25) is 0 Å². The third kappa shape index (κ3) is 6.41. The topological polar surface area (TPSA) is 55.4 Å². The quantitative estimate of drug-likeness (QED) is 0.452. The Balaban J connectivity index is 2.93. The Labute approximate surface area is 164 Å². The third-order valence-electron chi connectivity index (χ3n) is 4.85. The van der Waals surface area contributed by atoms with Gasteiger partial charge in [-0.3, -0.25) is 4.79 Å². The minimum atomic E-state index is -4.48. The van der Waals surface area contributed by atoms with E-state index in [2.05, 4.69) is 50.6 Å². The van der Waals surface area contributed by atoms with Crippen LogP contribution < -0.4 is 5.32 Å². The number of halogens is 3. The van der Waals surface area contributed by atoms with Crippen molar-refractivity contribution in [2.75, 3.05) is 7.11 Å². The van der Waals surface area contributed by atoms with Gasteiger partial charge < -0.3 is 10.1 Å². The van der Waals surface area contributed by atoms with Gasteiger partial charge in [-0.05, 0) is 29.3 Å². The summed E-state index contributed by atoms with van der Waals surface area (Å²) in [5.74, 6) is 1.65. The maximum Gasteiger partial charge on any atom is 0.416 e. The summed E-state index contributed by atoms with van der Waals surface area (Å²) in [6.07, 6.45) is -4.42. The van der Waals surface area contributed by atoms with Gasteiger partial charge in [0.25, 0.3) is 5.91 Å². The highest BCUT2D eigenvalue weighted by Crippen LogP contribution is 2.35. The zero-order chi connectivity index (χ0) is 21.8. The molecule has 0 aliphatic carbocycles. The van der Waals surface area contributed by atoms with E-state index in [0.717, 1.165) is 24.3 Å². The molecule has 0 unspecified atom stereocenters. The number of methoxy groups -OCH3 is 1. The maximum absolute atomic E-state index is 12.6. The molecule has 1 aromatic rings. The van der Waals surface area contributed by atoms with Gasteiger partial charge in [-0.15, -0.1) is 11.5 Å². The minimum Gasteiger partial charge on any atom is -0.467 e. The van der Waals surface area contributed by atoms with Crippen molar-refractivity contribution in [3.8, 4) is 11.5 Å². The van der Waals surface area contributed by atoms with Gasteiger partial charge in [0, 0.05) is 12.0 Å². The number of benzene rings is 1. The second-order valence-electron chi connectivity index (χ2n) is 8.01. The molecule has 0 saturated carbocycles. The molecule has 1 rings (SSSR count). The lowest BCUT2D eigenvalue weighted by Gasteiger charge is -2.31. The number of carbonyl (C=O) groups is 2.